The van der Waals surface area contributed by atoms with Crippen LogP contribution in [0.5, 0.6) is 0 Å². The average Bonchev–Trinajstić information content (AvgIpc) is 2.17. The molecule has 15 heavy (non-hydrogen) atoms. The highest BCUT2D eigenvalue weighted by Gasteiger charge is 2.08. The lowest BCUT2D eigenvalue weighted by Gasteiger charge is -1.98. The number of rotatable bonds is 1. The van der Waals surface area contributed by atoms with Crippen LogP contribution in [0.25, 0.3) is 0 Å². The molecule has 0 spiro atoms. The van der Waals surface area contributed by atoms with Crippen LogP contribution in [0.15, 0.2) is 12.3 Å². The largest absolute Gasteiger partial charge is 0.476 e. The van der Waals surface area contributed by atoms with E-state index < -0.39 is 5.97 Å². The first-order valence-electron chi connectivity index (χ1n) is 3.99. The molecule has 1 heterocycles. The second-order valence-corrected chi connectivity index (χ2v) is 2.60. The van der Waals surface area contributed by atoms with Crippen LogP contribution in [0.4, 0.5) is 5.69 Å². The third-order valence-electron chi connectivity index (χ3n) is 1.52. The van der Waals surface area contributed by atoms with Crippen molar-refractivity contribution in [1.82, 2.24) is 4.98 Å². The Morgan fingerprint density at radius 1 is 1.67 bits per heavy atom. The highest BCUT2D eigenvalue weighted by atomic mass is 16.4. The van der Waals surface area contributed by atoms with Crippen molar-refractivity contribution < 1.29 is 9.90 Å². The van der Waals surface area contributed by atoms with Crippen LogP contribution >= 0.6 is 0 Å². The molecule has 74 valence electrons. The number of anilines is 1. The summed E-state index contributed by atoms with van der Waals surface area (Å²) < 4.78 is 0. The molecule has 5 heteroatoms. The van der Waals surface area contributed by atoms with E-state index in [0.29, 0.717) is 5.56 Å². The fourth-order valence-electron chi connectivity index (χ4n) is 0.915. The predicted octanol–water partition coefficient (Wildman–Crippen LogP) is 0.627. The van der Waals surface area contributed by atoms with Gasteiger partial charge in [-0.15, -0.1) is 0 Å². The van der Waals surface area contributed by atoms with Crippen molar-refractivity contribution in [2.45, 2.75) is 6.42 Å². The number of carbonyl (C=O) groups is 1. The Kier molecular flexibility index (Phi) is 3.26. The molecule has 5 nitrogen and oxygen atoms in total. The monoisotopic (exact) mass is 201 g/mol. The topological polar surface area (TPSA) is 100 Å². The molecule has 0 saturated heterocycles. The second kappa shape index (κ2) is 4.64. The summed E-state index contributed by atoms with van der Waals surface area (Å²) in [6, 6.07) is 3.28. The van der Waals surface area contributed by atoms with Gasteiger partial charge in [0.25, 0.3) is 0 Å². The Balaban J connectivity index is 2.99. The molecule has 0 aliphatic rings. The van der Waals surface area contributed by atoms with E-state index in [1.54, 1.807) is 0 Å². The minimum absolute atomic E-state index is 0.0613. The Morgan fingerprint density at radius 2 is 2.40 bits per heavy atom. The fourth-order valence-corrected chi connectivity index (χ4v) is 0.915. The van der Waals surface area contributed by atoms with Crippen molar-refractivity contribution in [3.63, 3.8) is 0 Å². The zero-order valence-corrected chi connectivity index (χ0v) is 7.69. The van der Waals surface area contributed by atoms with Gasteiger partial charge >= 0.3 is 5.97 Å². The van der Waals surface area contributed by atoms with Gasteiger partial charge in [0.2, 0.25) is 0 Å². The molecule has 1 aromatic rings. The summed E-state index contributed by atoms with van der Waals surface area (Å²) in [4.78, 5) is 14.2. The van der Waals surface area contributed by atoms with E-state index in [0.717, 1.165) is 0 Å². The number of carboxylic acid groups (broad SMARTS) is 1. The Labute approximate surface area is 86.2 Å². The summed E-state index contributed by atoms with van der Waals surface area (Å²) in [5.74, 6) is 4.04. The molecule has 0 aromatic carbocycles. The quantitative estimate of drug-likeness (QED) is 0.649. The smallest absolute Gasteiger partial charge is 0.356 e. The van der Waals surface area contributed by atoms with Crippen molar-refractivity contribution in [1.29, 1.82) is 5.26 Å². The molecule has 0 aliphatic carbocycles. The summed E-state index contributed by atoms with van der Waals surface area (Å²) in [7, 11) is 0. The van der Waals surface area contributed by atoms with E-state index in [4.69, 9.17) is 16.1 Å². The number of nitriles is 1. The van der Waals surface area contributed by atoms with Crippen LogP contribution in [0, 0.1) is 23.2 Å². The molecule has 0 radical (unpaired) electrons. The van der Waals surface area contributed by atoms with Gasteiger partial charge in [-0.2, -0.15) is 5.26 Å². The maximum atomic E-state index is 10.6. The number of aromatic nitrogens is 1. The first kappa shape index (κ1) is 10.6. The van der Waals surface area contributed by atoms with E-state index >= 15 is 0 Å². The van der Waals surface area contributed by atoms with Crippen molar-refractivity contribution in [3.8, 4) is 17.9 Å². The van der Waals surface area contributed by atoms with E-state index in [1.165, 1.54) is 12.3 Å². The Hall–Kier alpha value is -2.53. The number of nitrogens with zero attached hydrogens (tertiary/aromatic N) is 2. The van der Waals surface area contributed by atoms with Crippen molar-refractivity contribution in [2.24, 2.45) is 0 Å². The molecular weight excluding hydrogens is 194 g/mol. The normalized spacial score (nSPS) is 8.47. The first-order valence-corrected chi connectivity index (χ1v) is 3.99. The number of carboxylic acids is 1. The standard InChI is InChI=1S/C10H7N3O2/c11-4-2-1-3-7-5-8(12)9(10(14)15)13-6-7/h5-6H,2,12H2,(H,14,15). The summed E-state index contributed by atoms with van der Waals surface area (Å²) in [6.45, 7) is 0. The highest BCUT2D eigenvalue weighted by molar-refractivity contribution is 5.91. The zero-order chi connectivity index (χ0) is 11.3. The van der Waals surface area contributed by atoms with E-state index in [-0.39, 0.29) is 17.8 Å². The van der Waals surface area contributed by atoms with Crippen LogP contribution < -0.4 is 5.73 Å². The first-order chi connectivity index (χ1) is 7.15. The van der Waals surface area contributed by atoms with E-state index in [2.05, 4.69) is 16.8 Å². The average molecular weight is 201 g/mol. The van der Waals surface area contributed by atoms with Crippen LogP contribution in [-0.4, -0.2) is 16.1 Å². The number of aromatic carboxylic acids is 1. The predicted molar refractivity (Wildman–Crippen MR) is 52.7 cm³/mol. The maximum absolute atomic E-state index is 10.6. The summed E-state index contributed by atoms with van der Waals surface area (Å²) >= 11 is 0. The number of nitrogen functional groups attached to an aromatic ring is 1. The van der Waals surface area contributed by atoms with Gasteiger partial charge in [-0.1, -0.05) is 11.8 Å². The molecule has 1 rings (SSSR count). The van der Waals surface area contributed by atoms with Crippen molar-refractivity contribution in [3.05, 3.63) is 23.5 Å². The molecule has 1 aromatic heterocycles. The highest BCUT2D eigenvalue weighted by Crippen LogP contribution is 2.09. The molecule has 0 fully saturated rings. The van der Waals surface area contributed by atoms with E-state index in [1.807, 2.05) is 6.07 Å². The van der Waals surface area contributed by atoms with Gasteiger partial charge in [0.05, 0.1) is 18.2 Å². The maximum Gasteiger partial charge on any atom is 0.356 e. The SMILES string of the molecule is N#CCC#Cc1cnc(C(=O)O)c(N)c1. The lowest BCUT2D eigenvalue weighted by atomic mass is 10.2. The minimum Gasteiger partial charge on any atom is -0.476 e. The van der Waals surface area contributed by atoms with Gasteiger partial charge < -0.3 is 10.8 Å². The number of pyridine rings is 1. The molecule has 0 amide bonds. The minimum atomic E-state index is -1.18. The number of nitrogens with two attached hydrogens (primary N) is 1. The van der Waals surface area contributed by atoms with Gasteiger partial charge in [-0.05, 0) is 6.07 Å². The van der Waals surface area contributed by atoms with Gasteiger partial charge in [0.15, 0.2) is 5.69 Å². The molecule has 0 unspecified atom stereocenters. The summed E-state index contributed by atoms with van der Waals surface area (Å²) in [5, 5.41) is 16.9. The van der Waals surface area contributed by atoms with Crippen LogP contribution in [0.2, 0.25) is 0 Å². The summed E-state index contributed by atoms with van der Waals surface area (Å²) in [6.07, 6.45) is 1.42. The number of hydrogen-bond acceptors (Lipinski definition) is 4. The molecule has 3 N–H and O–H groups in total. The molecular formula is C10H7N3O2. The fraction of sp³-hybridized carbons (Fsp3) is 0.100. The zero-order valence-electron chi connectivity index (χ0n) is 7.69. The molecule has 0 bridgehead atoms. The van der Waals surface area contributed by atoms with E-state index in [9.17, 15) is 4.79 Å². The third kappa shape index (κ3) is 2.71. The second-order valence-electron chi connectivity index (χ2n) is 2.60. The van der Waals surface area contributed by atoms with Gasteiger partial charge in [0, 0.05) is 11.8 Å². The molecule has 0 saturated carbocycles. The Morgan fingerprint density at radius 3 is 2.93 bits per heavy atom. The van der Waals surface area contributed by atoms with Gasteiger partial charge in [-0.25, -0.2) is 9.78 Å². The van der Waals surface area contributed by atoms with Crippen LogP contribution in [0.1, 0.15) is 22.5 Å². The Bertz CT molecular complexity index is 492. The third-order valence-corrected chi connectivity index (χ3v) is 1.52. The van der Waals surface area contributed by atoms with Gasteiger partial charge in [0.1, 0.15) is 0 Å². The van der Waals surface area contributed by atoms with Crippen LogP contribution in [-0.2, 0) is 0 Å². The lowest BCUT2D eigenvalue weighted by Crippen LogP contribution is -2.05. The van der Waals surface area contributed by atoms with Crippen molar-refractivity contribution in [2.75, 3.05) is 5.73 Å². The molecule has 0 aliphatic heterocycles. The summed E-state index contributed by atoms with van der Waals surface area (Å²) in [5.41, 5.74) is 5.81. The van der Waals surface area contributed by atoms with Gasteiger partial charge in [-0.3, -0.25) is 0 Å². The van der Waals surface area contributed by atoms with Crippen molar-refractivity contribution >= 4 is 11.7 Å². The molecule has 0 atom stereocenters. The number of hydrogen-bond donors (Lipinski definition) is 2. The van der Waals surface area contributed by atoms with Crippen LogP contribution in [0.3, 0.4) is 0 Å². The lowest BCUT2D eigenvalue weighted by molar-refractivity contribution is 0.0692.